The molecule has 110 valence electrons. The van der Waals surface area contributed by atoms with Crippen molar-refractivity contribution < 1.29 is 4.79 Å². The zero-order chi connectivity index (χ0) is 13.5. The summed E-state index contributed by atoms with van der Waals surface area (Å²) in [5.74, 6) is 2.36. The van der Waals surface area contributed by atoms with Gasteiger partial charge in [-0.3, -0.25) is 9.78 Å². The zero-order valence-corrected chi connectivity index (χ0v) is 14.1. The lowest BCUT2D eigenvalue weighted by atomic mass is 10.4. The SMILES string of the molecule is I.NC(=NCC(=O)Nc1cccnc1)N1CCSCC1. The molecule has 0 spiro atoms. The van der Waals surface area contributed by atoms with Crippen molar-refractivity contribution in [2.24, 2.45) is 10.7 Å². The summed E-state index contributed by atoms with van der Waals surface area (Å²) in [5.41, 5.74) is 6.53. The second-order valence-corrected chi connectivity index (χ2v) is 5.29. The lowest BCUT2D eigenvalue weighted by molar-refractivity contribution is -0.114. The Balaban J connectivity index is 0.00000200. The van der Waals surface area contributed by atoms with Crippen molar-refractivity contribution in [2.75, 3.05) is 36.5 Å². The smallest absolute Gasteiger partial charge is 0.246 e. The van der Waals surface area contributed by atoms with E-state index in [0.717, 1.165) is 24.6 Å². The number of nitrogens with two attached hydrogens (primary N) is 1. The first-order valence-electron chi connectivity index (χ1n) is 6.08. The van der Waals surface area contributed by atoms with Crippen LogP contribution in [0.15, 0.2) is 29.5 Å². The predicted molar refractivity (Wildman–Crippen MR) is 93.7 cm³/mol. The molecule has 0 unspecified atom stereocenters. The Morgan fingerprint density at radius 1 is 1.50 bits per heavy atom. The van der Waals surface area contributed by atoms with Gasteiger partial charge >= 0.3 is 0 Å². The molecule has 1 aromatic rings. The highest BCUT2D eigenvalue weighted by Gasteiger charge is 2.12. The van der Waals surface area contributed by atoms with Crippen LogP contribution in [0.25, 0.3) is 0 Å². The van der Waals surface area contributed by atoms with Crippen molar-refractivity contribution in [2.45, 2.75) is 0 Å². The first-order valence-corrected chi connectivity index (χ1v) is 7.23. The number of amides is 1. The van der Waals surface area contributed by atoms with Gasteiger partial charge in [-0.1, -0.05) is 0 Å². The van der Waals surface area contributed by atoms with E-state index in [0.29, 0.717) is 11.6 Å². The van der Waals surface area contributed by atoms with E-state index in [4.69, 9.17) is 5.73 Å². The van der Waals surface area contributed by atoms with Crippen LogP contribution < -0.4 is 11.1 Å². The lowest BCUT2D eigenvalue weighted by Crippen LogP contribution is -2.43. The number of rotatable bonds is 3. The average molecular weight is 407 g/mol. The summed E-state index contributed by atoms with van der Waals surface area (Å²) >= 11 is 1.90. The number of hydrogen-bond donors (Lipinski definition) is 2. The molecule has 1 aromatic heterocycles. The van der Waals surface area contributed by atoms with Crippen LogP contribution in [0.4, 0.5) is 5.69 Å². The van der Waals surface area contributed by atoms with Crippen molar-refractivity contribution in [3.8, 4) is 0 Å². The summed E-state index contributed by atoms with van der Waals surface area (Å²) in [5, 5.41) is 2.71. The Bertz CT molecular complexity index is 450. The Morgan fingerprint density at radius 3 is 2.90 bits per heavy atom. The fourth-order valence-electron chi connectivity index (χ4n) is 1.68. The number of hydrogen-bond acceptors (Lipinski definition) is 4. The number of halogens is 1. The van der Waals surface area contributed by atoms with E-state index in [1.807, 2.05) is 16.7 Å². The van der Waals surface area contributed by atoms with E-state index in [-0.39, 0.29) is 36.4 Å². The van der Waals surface area contributed by atoms with Gasteiger partial charge in [0, 0.05) is 30.8 Å². The number of guanidine groups is 1. The molecule has 1 fully saturated rings. The minimum absolute atomic E-state index is 0. The first kappa shape index (κ1) is 17.0. The van der Waals surface area contributed by atoms with Crippen molar-refractivity contribution in [1.82, 2.24) is 9.88 Å². The molecule has 1 aliphatic rings. The van der Waals surface area contributed by atoms with Crippen molar-refractivity contribution >= 4 is 53.3 Å². The summed E-state index contributed by atoms with van der Waals surface area (Å²) < 4.78 is 0. The molecule has 8 heteroatoms. The Morgan fingerprint density at radius 2 is 2.25 bits per heavy atom. The van der Waals surface area contributed by atoms with Crippen LogP contribution in [0, 0.1) is 0 Å². The van der Waals surface area contributed by atoms with E-state index in [1.54, 1.807) is 24.5 Å². The van der Waals surface area contributed by atoms with Crippen LogP contribution in [0.1, 0.15) is 0 Å². The van der Waals surface area contributed by atoms with E-state index in [1.165, 1.54) is 0 Å². The number of anilines is 1. The lowest BCUT2D eigenvalue weighted by Gasteiger charge is -2.27. The number of thioether (sulfide) groups is 1. The van der Waals surface area contributed by atoms with Gasteiger partial charge in [0.2, 0.25) is 5.91 Å². The van der Waals surface area contributed by atoms with Crippen LogP contribution in [-0.4, -0.2) is 52.9 Å². The largest absolute Gasteiger partial charge is 0.370 e. The standard InChI is InChI=1S/C12H17N5OS.HI/c13-12(17-4-6-19-7-5-17)15-9-11(18)16-10-2-1-3-14-8-10;/h1-3,8H,4-7,9H2,(H2,13,15)(H,16,18);1H. The van der Waals surface area contributed by atoms with Crippen molar-refractivity contribution in [1.29, 1.82) is 0 Å². The van der Waals surface area contributed by atoms with Gasteiger partial charge in [0.25, 0.3) is 0 Å². The molecule has 2 rings (SSSR count). The highest BCUT2D eigenvalue weighted by Crippen LogP contribution is 2.08. The second-order valence-electron chi connectivity index (χ2n) is 4.06. The zero-order valence-electron chi connectivity index (χ0n) is 11.0. The molecule has 0 aromatic carbocycles. The Hall–Kier alpha value is -1.03. The van der Waals surface area contributed by atoms with Gasteiger partial charge < -0.3 is 16.0 Å². The molecule has 0 radical (unpaired) electrons. The van der Waals surface area contributed by atoms with E-state index in [9.17, 15) is 4.79 Å². The number of carbonyl (C=O) groups excluding carboxylic acids is 1. The number of carbonyl (C=O) groups is 1. The highest BCUT2D eigenvalue weighted by molar-refractivity contribution is 14.0. The van der Waals surface area contributed by atoms with E-state index >= 15 is 0 Å². The van der Waals surface area contributed by atoms with Gasteiger partial charge in [-0.2, -0.15) is 11.8 Å². The molecule has 6 nitrogen and oxygen atoms in total. The first-order chi connectivity index (χ1) is 9.25. The van der Waals surface area contributed by atoms with Gasteiger partial charge in [0.1, 0.15) is 6.54 Å². The van der Waals surface area contributed by atoms with E-state index < -0.39 is 0 Å². The fraction of sp³-hybridized carbons (Fsp3) is 0.417. The Labute approximate surface area is 139 Å². The fourth-order valence-corrected chi connectivity index (χ4v) is 2.59. The average Bonchev–Trinajstić information content (AvgIpc) is 2.47. The quantitative estimate of drug-likeness (QED) is 0.444. The number of aromatic nitrogens is 1. The molecule has 3 N–H and O–H groups in total. The molecule has 2 heterocycles. The van der Waals surface area contributed by atoms with E-state index in [2.05, 4.69) is 15.3 Å². The van der Waals surface area contributed by atoms with Crippen molar-refractivity contribution in [3.05, 3.63) is 24.5 Å². The van der Waals surface area contributed by atoms with Gasteiger partial charge in [-0.05, 0) is 12.1 Å². The molecular formula is C12H18IN5OS. The molecule has 1 aliphatic heterocycles. The molecule has 1 amide bonds. The summed E-state index contributed by atoms with van der Waals surface area (Å²) in [6.07, 6.45) is 3.24. The van der Waals surface area contributed by atoms with Crippen LogP contribution in [-0.2, 0) is 4.79 Å². The third-order valence-corrected chi connectivity index (χ3v) is 3.61. The normalized spacial score (nSPS) is 15.4. The molecule has 1 saturated heterocycles. The summed E-state index contributed by atoms with van der Waals surface area (Å²) in [6.45, 7) is 1.82. The number of aliphatic imine (C=N–C) groups is 1. The van der Waals surface area contributed by atoms with Gasteiger partial charge in [-0.15, -0.1) is 24.0 Å². The maximum atomic E-state index is 11.7. The molecule has 0 atom stereocenters. The maximum absolute atomic E-state index is 11.7. The third-order valence-electron chi connectivity index (χ3n) is 2.67. The highest BCUT2D eigenvalue weighted by atomic mass is 127. The van der Waals surface area contributed by atoms with Gasteiger partial charge in [0.15, 0.2) is 5.96 Å². The molecule has 20 heavy (non-hydrogen) atoms. The minimum atomic E-state index is -0.192. The van der Waals surface area contributed by atoms with Gasteiger partial charge in [-0.25, -0.2) is 4.99 Å². The molecule has 0 bridgehead atoms. The minimum Gasteiger partial charge on any atom is -0.370 e. The summed E-state index contributed by atoms with van der Waals surface area (Å²) in [7, 11) is 0. The number of pyridine rings is 1. The van der Waals surface area contributed by atoms with Gasteiger partial charge in [0.05, 0.1) is 11.9 Å². The van der Waals surface area contributed by atoms with Crippen LogP contribution >= 0.6 is 35.7 Å². The number of nitrogens with zero attached hydrogens (tertiary/aromatic N) is 3. The third kappa shape index (κ3) is 5.53. The molecule has 0 aliphatic carbocycles. The monoisotopic (exact) mass is 407 g/mol. The molecule has 0 saturated carbocycles. The van der Waals surface area contributed by atoms with Crippen LogP contribution in [0.5, 0.6) is 0 Å². The van der Waals surface area contributed by atoms with Crippen LogP contribution in [0.3, 0.4) is 0 Å². The Kier molecular flexibility index (Phi) is 7.67. The summed E-state index contributed by atoms with van der Waals surface area (Å²) in [6, 6.07) is 3.54. The van der Waals surface area contributed by atoms with Crippen molar-refractivity contribution in [3.63, 3.8) is 0 Å². The van der Waals surface area contributed by atoms with Crippen LogP contribution in [0.2, 0.25) is 0 Å². The second kappa shape index (κ2) is 9.01. The topological polar surface area (TPSA) is 83.6 Å². The maximum Gasteiger partial charge on any atom is 0.246 e. The summed E-state index contributed by atoms with van der Waals surface area (Å²) in [4.78, 5) is 21.7. The predicted octanol–water partition coefficient (Wildman–Crippen LogP) is 1.00. The number of nitrogens with one attached hydrogen (secondary N) is 1. The molecular weight excluding hydrogens is 389 g/mol.